The van der Waals surface area contributed by atoms with Gasteiger partial charge < -0.3 is 4.90 Å². The first-order valence-corrected chi connectivity index (χ1v) is 3.62. The fourth-order valence-corrected chi connectivity index (χ4v) is 0.758. The Bertz CT molecular complexity index is 129. The van der Waals surface area contributed by atoms with Gasteiger partial charge in [0.2, 0.25) is 5.91 Å². The highest BCUT2D eigenvalue weighted by Gasteiger charge is 2.00. The van der Waals surface area contributed by atoms with E-state index in [9.17, 15) is 4.79 Å². The fraction of sp³-hybridized carbons (Fsp3) is 0.625. The van der Waals surface area contributed by atoms with Gasteiger partial charge in [-0.2, -0.15) is 0 Å². The molecule has 0 atom stereocenters. The molecule has 1 amide bonds. The molecule has 0 N–H and O–H groups in total. The highest BCUT2D eigenvalue weighted by Crippen LogP contribution is 1.92. The molecule has 0 aromatic heterocycles. The monoisotopic (exact) mass is 141 g/mol. The van der Waals surface area contributed by atoms with Crippen molar-refractivity contribution in [3.63, 3.8) is 0 Å². The van der Waals surface area contributed by atoms with Crippen LogP contribution in [0, 0.1) is 0 Å². The number of amides is 1. The Balaban J connectivity index is 3.85. The van der Waals surface area contributed by atoms with E-state index in [2.05, 4.69) is 6.92 Å². The van der Waals surface area contributed by atoms with Gasteiger partial charge in [0, 0.05) is 19.7 Å². The predicted octanol–water partition coefficient (Wildman–Crippen LogP) is 1.78. The van der Waals surface area contributed by atoms with E-state index in [4.69, 9.17) is 0 Å². The summed E-state index contributed by atoms with van der Waals surface area (Å²) in [4.78, 5) is 12.5. The minimum absolute atomic E-state index is 0.111. The van der Waals surface area contributed by atoms with E-state index >= 15 is 0 Å². The molecular formula is C8H15NO. The Kier molecular flexibility index (Phi) is 4.63. The highest BCUT2D eigenvalue weighted by atomic mass is 16.2. The van der Waals surface area contributed by atoms with Crippen LogP contribution in [0.5, 0.6) is 0 Å². The quantitative estimate of drug-likeness (QED) is 0.586. The number of carbonyl (C=O) groups is 1. The first-order chi connectivity index (χ1) is 4.72. The standard InChI is InChI=1S/C8H15NO/c1-4-6-9(7-5-2)8(3)10/h4,6H,5,7H2,1-3H3/b6-4-. The average Bonchev–Trinajstić information content (AvgIpc) is 1.87. The van der Waals surface area contributed by atoms with Crippen LogP contribution in [0.25, 0.3) is 0 Å². The van der Waals surface area contributed by atoms with E-state index in [1.165, 1.54) is 0 Å². The summed E-state index contributed by atoms with van der Waals surface area (Å²) in [7, 11) is 0. The lowest BCUT2D eigenvalue weighted by Crippen LogP contribution is -2.23. The summed E-state index contributed by atoms with van der Waals surface area (Å²) in [6, 6.07) is 0. The Labute approximate surface area is 62.5 Å². The molecule has 0 spiro atoms. The highest BCUT2D eigenvalue weighted by molar-refractivity contribution is 5.74. The van der Waals surface area contributed by atoms with Crippen molar-refractivity contribution >= 4 is 5.91 Å². The molecular weight excluding hydrogens is 126 g/mol. The molecule has 0 aliphatic rings. The van der Waals surface area contributed by atoms with Gasteiger partial charge in [0.25, 0.3) is 0 Å². The van der Waals surface area contributed by atoms with Crippen molar-refractivity contribution < 1.29 is 4.79 Å². The van der Waals surface area contributed by atoms with E-state index in [-0.39, 0.29) is 5.91 Å². The largest absolute Gasteiger partial charge is 0.320 e. The molecule has 58 valence electrons. The molecule has 10 heavy (non-hydrogen) atoms. The minimum Gasteiger partial charge on any atom is -0.320 e. The molecule has 2 heteroatoms. The summed E-state index contributed by atoms with van der Waals surface area (Å²) in [5, 5.41) is 0. The number of nitrogens with zero attached hydrogens (tertiary/aromatic N) is 1. The Morgan fingerprint density at radius 3 is 2.50 bits per heavy atom. The summed E-state index contributed by atoms with van der Waals surface area (Å²) >= 11 is 0. The van der Waals surface area contributed by atoms with Crippen molar-refractivity contribution in [3.05, 3.63) is 12.3 Å². The maximum atomic E-state index is 10.8. The van der Waals surface area contributed by atoms with Crippen LogP contribution in [0.2, 0.25) is 0 Å². The second kappa shape index (κ2) is 5.03. The summed E-state index contributed by atoms with van der Waals surface area (Å²) < 4.78 is 0. The third kappa shape index (κ3) is 3.28. The van der Waals surface area contributed by atoms with Crippen LogP contribution in [0.4, 0.5) is 0 Å². The lowest BCUT2D eigenvalue weighted by molar-refractivity contribution is -0.126. The number of hydrogen-bond donors (Lipinski definition) is 0. The summed E-state index contributed by atoms with van der Waals surface area (Å²) in [6.45, 7) is 6.36. The maximum Gasteiger partial charge on any atom is 0.223 e. The molecule has 0 unspecified atom stereocenters. The maximum absolute atomic E-state index is 10.8. The van der Waals surface area contributed by atoms with Crippen molar-refractivity contribution in [2.24, 2.45) is 0 Å². The van der Waals surface area contributed by atoms with Gasteiger partial charge >= 0.3 is 0 Å². The van der Waals surface area contributed by atoms with E-state index in [1.54, 1.807) is 11.8 Å². The smallest absolute Gasteiger partial charge is 0.223 e. The Morgan fingerprint density at radius 2 is 2.20 bits per heavy atom. The van der Waals surface area contributed by atoms with Crippen LogP contribution in [-0.2, 0) is 4.79 Å². The van der Waals surface area contributed by atoms with Crippen molar-refractivity contribution in [1.82, 2.24) is 4.90 Å². The zero-order valence-electron chi connectivity index (χ0n) is 6.92. The summed E-state index contributed by atoms with van der Waals surface area (Å²) in [5.74, 6) is 0.111. The molecule has 0 aliphatic carbocycles. The van der Waals surface area contributed by atoms with Gasteiger partial charge in [-0.3, -0.25) is 4.79 Å². The third-order valence-corrected chi connectivity index (χ3v) is 1.20. The van der Waals surface area contributed by atoms with Gasteiger partial charge in [-0.15, -0.1) is 0 Å². The zero-order valence-corrected chi connectivity index (χ0v) is 6.92. The van der Waals surface area contributed by atoms with Crippen molar-refractivity contribution in [2.45, 2.75) is 27.2 Å². The van der Waals surface area contributed by atoms with Crippen molar-refractivity contribution in [2.75, 3.05) is 6.54 Å². The lowest BCUT2D eigenvalue weighted by Gasteiger charge is -2.13. The van der Waals surface area contributed by atoms with Crippen molar-refractivity contribution in [1.29, 1.82) is 0 Å². The van der Waals surface area contributed by atoms with Gasteiger partial charge in [-0.1, -0.05) is 13.0 Å². The number of rotatable bonds is 3. The molecule has 0 aliphatic heterocycles. The van der Waals surface area contributed by atoms with Crippen LogP contribution in [-0.4, -0.2) is 17.4 Å². The van der Waals surface area contributed by atoms with Crippen LogP contribution < -0.4 is 0 Å². The third-order valence-electron chi connectivity index (χ3n) is 1.20. The summed E-state index contributed by atoms with van der Waals surface area (Å²) in [6.07, 6.45) is 4.69. The van der Waals surface area contributed by atoms with E-state index < -0.39 is 0 Å². The molecule has 0 heterocycles. The van der Waals surface area contributed by atoms with Crippen LogP contribution >= 0.6 is 0 Å². The number of hydrogen-bond acceptors (Lipinski definition) is 1. The van der Waals surface area contributed by atoms with Crippen LogP contribution in [0.1, 0.15) is 27.2 Å². The molecule has 2 nitrogen and oxygen atoms in total. The topological polar surface area (TPSA) is 20.3 Å². The van der Waals surface area contributed by atoms with Gasteiger partial charge in [-0.25, -0.2) is 0 Å². The first-order valence-electron chi connectivity index (χ1n) is 3.62. The molecule has 0 saturated heterocycles. The fourth-order valence-electron chi connectivity index (χ4n) is 0.758. The Morgan fingerprint density at radius 1 is 1.60 bits per heavy atom. The second-order valence-corrected chi connectivity index (χ2v) is 2.19. The van der Waals surface area contributed by atoms with Gasteiger partial charge in [0.15, 0.2) is 0 Å². The molecule has 0 aromatic carbocycles. The van der Waals surface area contributed by atoms with Crippen LogP contribution in [0.3, 0.4) is 0 Å². The zero-order chi connectivity index (χ0) is 7.98. The van der Waals surface area contributed by atoms with Crippen molar-refractivity contribution in [3.8, 4) is 0 Å². The predicted molar refractivity (Wildman–Crippen MR) is 42.5 cm³/mol. The Hall–Kier alpha value is -0.790. The number of allylic oxidation sites excluding steroid dienone is 1. The summed E-state index contributed by atoms with van der Waals surface area (Å²) in [5.41, 5.74) is 0. The molecule has 0 radical (unpaired) electrons. The first kappa shape index (κ1) is 9.21. The SMILES string of the molecule is C/C=C\N(CCC)C(C)=O. The molecule has 0 aromatic rings. The molecule has 0 bridgehead atoms. The van der Waals surface area contributed by atoms with Gasteiger partial charge in [0.1, 0.15) is 0 Å². The van der Waals surface area contributed by atoms with Gasteiger partial charge in [0.05, 0.1) is 0 Å². The minimum atomic E-state index is 0.111. The molecule has 0 saturated carbocycles. The van der Waals surface area contributed by atoms with Gasteiger partial charge in [-0.05, 0) is 13.3 Å². The number of carbonyl (C=O) groups excluding carboxylic acids is 1. The molecule has 0 fully saturated rings. The van der Waals surface area contributed by atoms with Crippen LogP contribution in [0.15, 0.2) is 12.3 Å². The average molecular weight is 141 g/mol. The van der Waals surface area contributed by atoms with E-state index in [0.29, 0.717) is 0 Å². The van der Waals surface area contributed by atoms with E-state index in [0.717, 1.165) is 13.0 Å². The normalized spacial score (nSPS) is 10.3. The van der Waals surface area contributed by atoms with E-state index in [1.807, 2.05) is 19.2 Å². The second-order valence-electron chi connectivity index (χ2n) is 2.19. The molecule has 0 rings (SSSR count). The lowest BCUT2D eigenvalue weighted by atomic mass is 10.4.